The Morgan fingerprint density at radius 2 is 2.15 bits per heavy atom. The first-order valence-corrected chi connectivity index (χ1v) is 7.44. The Balaban J connectivity index is 1.52. The fourth-order valence-corrected chi connectivity index (χ4v) is 2.86. The molecule has 0 aliphatic heterocycles. The third-order valence-electron chi connectivity index (χ3n) is 3.23. The van der Waals surface area contributed by atoms with Crippen molar-refractivity contribution >= 4 is 22.4 Å². The van der Waals surface area contributed by atoms with Gasteiger partial charge in [0.15, 0.2) is 0 Å². The molecule has 1 amide bonds. The van der Waals surface area contributed by atoms with Gasteiger partial charge in [0.1, 0.15) is 10.8 Å². The first kappa shape index (κ1) is 13.1. The molecule has 2 N–H and O–H groups in total. The van der Waals surface area contributed by atoms with Gasteiger partial charge in [-0.05, 0) is 30.9 Å². The molecule has 0 bridgehead atoms. The van der Waals surface area contributed by atoms with Crippen LogP contribution in [0.3, 0.4) is 0 Å². The monoisotopic (exact) mass is 289 g/mol. The van der Waals surface area contributed by atoms with Crippen LogP contribution in [0.2, 0.25) is 0 Å². The summed E-state index contributed by atoms with van der Waals surface area (Å²) in [6.45, 7) is 0. The van der Waals surface area contributed by atoms with Crippen LogP contribution in [0, 0.1) is 0 Å². The molecule has 1 aliphatic rings. The lowest BCUT2D eigenvalue weighted by atomic mass is 10.1. The standard InChI is InChI=1S/C14H15N3O2S/c18-11-4-2-1-3-9(11)7-8-12(19)15-14-17-16-13(20-14)10-5-6-10/h1-4,10,18H,5-8H2,(H,15,17,19). The van der Waals surface area contributed by atoms with Gasteiger partial charge in [-0.25, -0.2) is 0 Å². The first-order valence-electron chi connectivity index (χ1n) is 6.62. The zero-order valence-corrected chi connectivity index (χ0v) is 11.7. The molecule has 1 aromatic heterocycles. The van der Waals surface area contributed by atoms with Gasteiger partial charge in [0.2, 0.25) is 11.0 Å². The molecular weight excluding hydrogens is 274 g/mol. The van der Waals surface area contributed by atoms with Gasteiger partial charge in [0, 0.05) is 12.3 Å². The Morgan fingerprint density at radius 1 is 1.35 bits per heavy atom. The van der Waals surface area contributed by atoms with E-state index >= 15 is 0 Å². The van der Waals surface area contributed by atoms with Crippen molar-refractivity contribution in [3.63, 3.8) is 0 Å². The lowest BCUT2D eigenvalue weighted by Crippen LogP contribution is -2.12. The Bertz CT molecular complexity index is 622. The third kappa shape index (κ3) is 3.14. The smallest absolute Gasteiger partial charge is 0.226 e. The quantitative estimate of drug-likeness (QED) is 0.887. The summed E-state index contributed by atoms with van der Waals surface area (Å²) in [6.07, 6.45) is 3.18. The van der Waals surface area contributed by atoms with Crippen LogP contribution in [0.1, 0.15) is 35.8 Å². The van der Waals surface area contributed by atoms with Gasteiger partial charge in [0.25, 0.3) is 0 Å². The fourth-order valence-electron chi connectivity index (χ4n) is 1.93. The second kappa shape index (κ2) is 5.58. The van der Waals surface area contributed by atoms with Gasteiger partial charge in [-0.15, -0.1) is 10.2 Å². The molecule has 3 rings (SSSR count). The molecule has 1 saturated carbocycles. The van der Waals surface area contributed by atoms with Crippen LogP contribution in [-0.4, -0.2) is 21.2 Å². The second-order valence-corrected chi connectivity index (χ2v) is 5.91. The number of phenols is 1. The van der Waals surface area contributed by atoms with Gasteiger partial charge >= 0.3 is 0 Å². The summed E-state index contributed by atoms with van der Waals surface area (Å²) >= 11 is 1.45. The summed E-state index contributed by atoms with van der Waals surface area (Å²) in [5, 5.41) is 22.0. The Kier molecular flexibility index (Phi) is 3.64. The van der Waals surface area contributed by atoms with Crippen molar-refractivity contribution in [1.82, 2.24) is 10.2 Å². The molecule has 0 radical (unpaired) electrons. The molecule has 1 aliphatic carbocycles. The van der Waals surface area contributed by atoms with E-state index in [1.54, 1.807) is 12.1 Å². The number of aromatic nitrogens is 2. The van der Waals surface area contributed by atoms with E-state index in [0.717, 1.165) is 10.6 Å². The SMILES string of the molecule is O=C(CCc1ccccc1O)Nc1nnc(C2CC2)s1. The summed E-state index contributed by atoms with van der Waals surface area (Å²) in [7, 11) is 0. The molecule has 0 spiro atoms. The summed E-state index contributed by atoms with van der Waals surface area (Å²) in [5.74, 6) is 0.679. The number of aryl methyl sites for hydroxylation is 1. The number of rotatable bonds is 5. The largest absolute Gasteiger partial charge is 0.508 e. The Hall–Kier alpha value is -1.95. The van der Waals surface area contributed by atoms with Gasteiger partial charge < -0.3 is 10.4 Å². The topological polar surface area (TPSA) is 75.1 Å². The number of benzene rings is 1. The van der Waals surface area contributed by atoms with Crippen molar-refractivity contribution in [1.29, 1.82) is 0 Å². The number of aromatic hydroxyl groups is 1. The molecular formula is C14H15N3O2S. The lowest BCUT2D eigenvalue weighted by Gasteiger charge is -2.03. The van der Waals surface area contributed by atoms with E-state index in [1.165, 1.54) is 24.2 Å². The number of carbonyl (C=O) groups is 1. The van der Waals surface area contributed by atoms with E-state index in [9.17, 15) is 9.90 Å². The van der Waals surface area contributed by atoms with Crippen LogP contribution in [-0.2, 0) is 11.2 Å². The number of phenolic OH excluding ortho intramolecular Hbond substituents is 1. The minimum absolute atomic E-state index is 0.105. The minimum atomic E-state index is -0.105. The first-order chi connectivity index (χ1) is 9.72. The van der Waals surface area contributed by atoms with Gasteiger partial charge in [0.05, 0.1) is 0 Å². The van der Waals surface area contributed by atoms with Crippen LogP contribution >= 0.6 is 11.3 Å². The molecule has 104 valence electrons. The van der Waals surface area contributed by atoms with Crippen LogP contribution in [0.5, 0.6) is 5.75 Å². The average Bonchev–Trinajstić information content (AvgIpc) is 3.19. The number of hydrogen-bond donors (Lipinski definition) is 2. The van der Waals surface area contributed by atoms with E-state index in [1.807, 2.05) is 12.1 Å². The summed E-state index contributed by atoms with van der Waals surface area (Å²) in [5.41, 5.74) is 0.776. The van der Waals surface area contributed by atoms with Crippen molar-refractivity contribution < 1.29 is 9.90 Å². The van der Waals surface area contributed by atoms with E-state index in [4.69, 9.17) is 0 Å². The molecule has 1 heterocycles. The van der Waals surface area contributed by atoms with Crippen LogP contribution in [0.4, 0.5) is 5.13 Å². The average molecular weight is 289 g/mol. The molecule has 5 nitrogen and oxygen atoms in total. The Labute approximate surface area is 120 Å². The molecule has 1 aromatic carbocycles. The number of anilines is 1. The van der Waals surface area contributed by atoms with Crippen molar-refractivity contribution in [3.05, 3.63) is 34.8 Å². The number of carbonyl (C=O) groups excluding carboxylic acids is 1. The maximum absolute atomic E-state index is 11.8. The zero-order chi connectivity index (χ0) is 13.9. The van der Waals surface area contributed by atoms with E-state index in [0.29, 0.717) is 23.9 Å². The van der Waals surface area contributed by atoms with E-state index < -0.39 is 0 Å². The Morgan fingerprint density at radius 3 is 2.90 bits per heavy atom. The number of nitrogens with zero attached hydrogens (tertiary/aromatic N) is 2. The maximum Gasteiger partial charge on any atom is 0.226 e. The second-order valence-electron chi connectivity index (χ2n) is 4.90. The van der Waals surface area contributed by atoms with Crippen molar-refractivity contribution in [3.8, 4) is 5.75 Å². The fraction of sp³-hybridized carbons (Fsp3) is 0.357. The highest BCUT2D eigenvalue weighted by Crippen LogP contribution is 2.42. The van der Waals surface area contributed by atoms with E-state index in [-0.39, 0.29) is 11.7 Å². The van der Waals surface area contributed by atoms with Crippen LogP contribution < -0.4 is 5.32 Å². The highest BCUT2D eigenvalue weighted by atomic mass is 32.1. The number of nitrogens with one attached hydrogen (secondary N) is 1. The van der Waals surface area contributed by atoms with Crippen molar-refractivity contribution in [2.75, 3.05) is 5.32 Å². The molecule has 2 aromatic rings. The van der Waals surface area contributed by atoms with Gasteiger partial charge in [-0.2, -0.15) is 0 Å². The third-order valence-corrected chi connectivity index (χ3v) is 4.23. The highest BCUT2D eigenvalue weighted by Gasteiger charge is 2.27. The van der Waals surface area contributed by atoms with Crippen LogP contribution in [0.15, 0.2) is 24.3 Å². The van der Waals surface area contributed by atoms with Gasteiger partial charge in [-0.3, -0.25) is 4.79 Å². The summed E-state index contributed by atoms with van der Waals surface area (Å²) < 4.78 is 0. The number of para-hydroxylation sites is 1. The zero-order valence-electron chi connectivity index (χ0n) is 10.9. The molecule has 0 unspecified atom stereocenters. The molecule has 0 atom stereocenters. The van der Waals surface area contributed by atoms with E-state index in [2.05, 4.69) is 15.5 Å². The minimum Gasteiger partial charge on any atom is -0.508 e. The van der Waals surface area contributed by atoms with Crippen LogP contribution in [0.25, 0.3) is 0 Å². The number of amides is 1. The van der Waals surface area contributed by atoms with Crippen molar-refractivity contribution in [2.24, 2.45) is 0 Å². The van der Waals surface area contributed by atoms with Gasteiger partial charge in [-0.1, -0.05) is 29.5 Å². The summed E-state index contributed by atoms with van der Waals surface area (Å²) in [6, 6.07) is 7.05. The molecule has 20 heavy (non-hydrogen) atoms. The lowest BCUT2D eigenvalue weighted by molar-refractivity contribution is -0.116. The molecule has 6 heteroatoms. The predicted molar refractivity (Wildman–Crippen MR) is 76.9 cm³/mol. The van der Waals surface area contributed by atoms with Crippen molar-refractivity contribution in [2.45, 2.75) is 31.6 Å². The highest BCUT2D eigenvalue weighted by molar-refractivity contribution is 7.15. The number of hydrogen-bond acceptors (Lipinski definition) is 5. The maximum atomic E-state index is 11.8. The summed E-state index contributed by atoms with van der Waals surface area (Å²) in [4.78, 5) is 11.8. The predicted octanol–water partition coefficient (Wildman–Crippen LogP) is 2.69. The molecule has 1 fully saturated rings. The molecule has 0 saturated heterocycles. The normalized spacial score (nSPS) is 14.2.